The van der Waals surface area contributed by atoms with Gasteiger partial charge in [0.1, 0.15) is 5.40 Å². The predicted octanol–water partition coefficient (Wildman–Crippen LogP) is 3.11. The van der Waals surface area contributed by atoms with Crippen LogP contribution >= 0.6 is 23.4 Å². The molecule has 17 heavy (non-hydrogen) atoms. The van der Waals surface area contributed by atoms with E-state index >= 15 is 0 Å². The molecule has 0 atom stereocenters. The fraction of sp³-hybridized carbons (Fsp3) is 0.167. The first-order valence-corrected chi connectivity index (χ1v) is 6.09. The van der Waals surface area contributed by atoms with Crippen LogP contribution in [-0.2, 0) is 9.53 Å². The summed E-state index contributed by atoms with van der Waals surface area (Å²) in [6.45, 7) is 0. The van der Waals surface area contributed by atoms with Gasteiger partial charge in [0.15, 0.2) is 0 Å². The van der Waals surface area contributed by atoms with Crippen LogP contribution in [0.25, 0.3) is 6.08 Å². The van der Waals surface area contributed by atoms with Gasteiger partial charge in [0, 0.05) is 16.3 Å². The molecule has 0 unspecified atom stereocenters. The number of carbonyl (C=O) groups is 1. The molecule has 0 heterocycles. The highest BCUT2D eigenvalue weighted by Crippen LogP contribution is 2.15. The smallest absolute Gasteiger partial charge is 0.334 e. The van der Waals surface area contributed by atoms with Crippen molar-refractivity contribution in [1.82, 2.24) is 0 Å². The number of carbonyl (C=O) groups excluding carboxylic acids is 1. The second-order valence-corrected chi connectivity index (χ2v) is 4.29. The van der Waals surface area contributed by atoms with Crippen LogP contribution in [0.3, 0.4) is 0 Å². The molecule has 0 aliphatic carbocycles. The van der Waals surface area contributed by atoms with E-state index in [9.17, 15) is 4.79 Å². The van der Waals surface area contributed by atoms with Crippen molar-refractivity contribution in [1.29, 1.82) is 5.26 Å². The summed E-state index contributed by atoms with van der Waals surface area (Å²) in [5, 5.41) is 11.0. The van der Waals surface area contributed by atoms with Crippen molar-refractivity contribution in [3.63, 3.8) is 0 Å². The average Bonchev–Trinajstić information content (AvgIpc) is 2.36. The number of rotatable bonds is 4. The average molecular weight is 268 g/mol. The lowest BCUT2D eigenvalue weighted by Gasteiger charge is -2.02. The Labute approximate surface area is 109 Å². The van der Waals surface area contributed by atoms with E-state index in [1.807, 2.05) is 5.40 Å². The highest BCUT2D eigenvalue weighted by atomic mass is 35.5. The summed E-state index contributed by atoms with van der Waals surface area (Å²) in [6.07, 6.45) is 1.69. The summed E-state index contributed by atoms with van der Waals surface area (Å²) in [5.74, 6) is -0.131. The molecule has 1 aromatic carbocycles. The minimum Gasteiger partial charge on any atom is -0.466 e. The number of nitrogens with zero attached hydrogens (tertiary/aromatic N) is 1. The fourth-order valence-corrected chi connectivity index (χ4v) is 1.71. The second kappa shape index (κ2) is 7.00. The third-order valence-electron chi connectivity index (χ3n) is 1.95. The Balaban J connectivity index is 2.92. The van der Waals surface area contributed by atoms with Gasteiger partial charge in [0.25, 0.3) is 0 Å². The molecule has 0 aliphatic heterocycles. The van der Waals surface area contributed by atoms with Crippen LogP contribution < -0.4 is 0 Å². The molecule has 1 aromatic rings. The van der Waals surface area contributed by atoms with E-state index < -0.39 is 5.97 Å². The molecule has 0 spiro atoms. The van der Waals surface area contributed by atoms with Gasteiger partial charge in [-0.2, -0.15) is 5.26 Å². The Morgan fingerprint density at radius 1 is 1.53 bits per heavy atom. The molecule has 0 N–H and O–H groups in total. The SMILES string of the molecule is COC(=O)/C(=C/c1ccc(Cl)cc1)CSC#N. The van der Waals surface area contributed by atoms with Gasteiger partial charge in [-0.25, -0.2) is 4.79 Å². The van der Waals surface area contributed by atoms with Crippen LogP contribution in [0.5, 0.6) is 0 Å². The molecule has 0 aromatic heterocycles. The largest absolute Gasteiger partial charge is 0.466 e. The predicted molar refractivity (Wildman–Crippen MR) is 69.5 cm³/mol. The Morgan fingerprint density at radius 3 is 2.71 bits per heavy atom. The third kappa shape index (κ3) is 4.51. The number of hydrogen-bond acceptors (Lipinski definition) is 4. The minimum absolute atomic E-state index is 0.297. The summed E-state index contributed by atoms with van der Waals surface area (Å²) in [7, 11) is 1.31. The fourth-order valence-electron chi connectivity index (χ4n) is 1.16. The second-order valence-electron chi connectivity index (χ2n) is 3.09. The van der Waals surface area contributed by atoms with Gasteiger partial charge in [0.2, 0.25) is 0 Å². The number of thioether (sulfide) groups is 1. The zero-order valence-corrected chi connectivity index (χ0v) is 10.7. The third-order valence-corrected chi connectivity index (χ3v) is 2.79. The maximum absolute atomic E-state index is 11.4. The summed E-state index contributed by atoms with van der Waals surface area (Å²) >= 11 is 6.75. The maximum atomic E-state index is 11.4. The van der Waals surface area contributed by atoms with E-state index in [1.54, 1.807) is 30.3 Å². The minimum atomic E-state index is -0.428. The molecule has 0 fully saturated rings. The number of ether oxygens (including phenoxy) is 1. The number of hydrogen-bond donors (Lipinski definition) is 0. The molecule has 0 aliphatic rings. The van der Waals surface area contributed by atoms with E-state index in [1.165, 1.54) is 7.11 Å². The van der Waals surface area contributed by atoms with Gasteiger partial charge in [-0.3, -0.25) is 0 Å². The van der Waals surface area contributed by atoms with Crippen LogP contribution in [0.2, 0.25) is 5.02 Å². The van der Waals surface area contributed by atoms with Crippen LogP contribution in [0, 0.1) is 10.7 Å². The van der Waals surface area contributed by atoms with Crippen LogP contribution in [0.1, 0.15) is 5.56 Å². The quantitative estimate of drug-likeness (QED) is 0.478. The van der Waals surface area contributed by atoms with Crippen molar-refractivity contribution in [3.8, 4) is 5.40 Å². The van der Waals surface area contributed by atoms with Crippen molar-refractivity contribution in [2.75, 3.05) is 12.9 Å². The van der Waals surface area contributed by atoms with Crippen molar-refractivity contribution >= 4 is 35.4 Å². The molecule has 3 nitrogen and oxygen atoms in total. The number of halogens is 1. The molecule has 0 bridgehead atoms. The molecule has 5 heteroatoms. The number of methoxy groups -OCH3 is 1. The first-order chi connectivity index (χ1) is 8.17. The Hall–Kier alpha value is -1.44. The standard InChI is InChI=1S/C12H10ClNO2S/c1-16-12(15)10(7-17-8-14)6-9-2-4-11(13)5-3-9/h2-6H,7H2,1H3/b10-6+. The molecule has 0 saturated carbocycles. The van der Waals surface area contributed by atoms with Gasteiger partial charge in [-0.05, 0) is 35.5 Å². The summed E-state index contributed by atoms with van der Waals surface area (Å²) in [4.78, 5) is 11.4. The Morgan fingerprint density at radius 2 is 2.18 bits per heavy atom. The summed E-state index contributed by atoms with van der Waals surface area (Å²) in [5.41, 5.74) is 1.29. The molecule has 88 valence electrons. The van der Waals surface area contributed by atoms with Crippen molar-refractivity contribution in [2.24, 2.45) is 0 Å². The van der Waals surface area contributed by atoms with E-state index in [0.29, 0.717) is 16.3 Å². The lowest BCUT2D eigenvalue weighted by molar-refractivity contribution is -0.135. The normalized spacial score (nSPS) is 10.8. The highest BCUT2D eigenvalue weighted by Gasteiger charge is 2.09. The number of thiocyanates is 1. The molecular weight excluding hydrogens is 258 g/mol. The molecule has 0 radical (unpaired) electrons. The molecule has 1 rings (SSSR count). The summed E-state index contributed by atoms with van der Waals surface area (Å²) < 4.78 is 4.65. The maximum Gasteiger partial charge on any atom is 0.334 e. The molecule has 0 amide bonds. The first-order valence-electron chi connectivity index (χ1n) is 4.72. The lowest BCUT2D eigenvalue weighted by Crippen LogP contribution is -2.06. The molecule has 0 saturated heterocycles. The van der Waals surface area contributed by atoms with Crippen LogP contribution in [-0.4, -0.2) is 18.8 Å². The topological polar surface area (TPSA) is 50.1 Å². The highest BCUT2D eigenvalue weighted by molar-refractivity contribution is 8.03. The monoisotopic (exact) mass is 267 g/mol. The summed E-state index contributed by atoms with van der Waals surface area (Å²) in [6, 6.07) is 7.06. The number of benzene rings is 1. The van der Waals surface area contributed by atoms with E-state index in [2.05, 4.69) is 4.74 Å². The van der Waals surface area contributed by atoms with E-state index in [4.69, 9.17) is 16.9 Å². The van der Waals surface area contributed by atoms with Gasteiger partial charge in [-0.15, -0.1) is 0 Å². The van der Waals surface area contributed by atoms with Gasteiger partial charge in [0.05, 0.1) is 7.11 Å². The van der Waals surface area contributed by atoms with Gasteiger partial charge in [-0.1, -0.05) is 23.7 Å². The van der Waals surface area contributed by atoms with Crippen molar-refractivity contribution in [3.05, 3.63) is 40.4 Å². The van der Waals surface area contributed by atoms with Crippen LogP contribution in [0.4, 0.5) is 0 Å². The van der Waals surface area contributed by atoms with Crippen molar-refractivity contribution in [2.45, 2.75) is 0 Å². The zero-order chi connectivity index (χ0) is 12.7. The zero-order valence-electron chi connectivity index (χ0n) is 9.14. The van der Waals surface area contributed by atoms with E-state index in [-0.39, 0.29) is 0 Å². The Bertz CT molecular complexity index is 462. The number of esters is 1. The van der Waals surface area contributed by atoms with Gasteiger partial charge < -0.3 is 4.74 Å². The van der Waals surface area contributed by atoms with Crippen molar-refractivity contribution < 1.29 is 9.53 Å². The van der Waals surface area contributed by atoms with Gasteiger partial charge >= 0.3 is 5.97 Å². The van der Waals surface area contributed by atoms with Crippen LogP contribution in [0.15, 0.2) is 29.8 Å². The number of nitriles is 1. The molecular formula is C12H10ClNO2S. The van der Waals surface area contributed by atoms with E-state index in [0.717, 1.165) is 17.3 Å². The Kier molecular flexibility index (Phi) is 5.61. The first kappa shape index (κ1) is 13.6. The lowest BCUT2D eigenvalue weighted by atomic mass is 10.1.